The van der Waals surface area contributed by atoms with E-state index >= 15 is 0 Å². The van der Waals surface area contributed by atoms with E-state index in [0.717, 1.165) is 11.1 Å². The van der Waals surface area contributed by atoms with Crippen LogP contribution in [-0.4, -0.2) is 30.8 Å². The van der Waals surface area contributed by atoms with Crippen LogP contribution in [0.15, 0.2) is 59.8 Å². The minimum absolute atomic E-state index is 0.292. The standard InChI is InChI=1S/C23H24N2O5S/c1-4-29-22(27)19-14(2)24-23(31)25-20(19)16-9-11-18(12-10-16)30-13-15-5-7-17(8-6-15)21(26)28-3/h5-12,20H,4,13H2,1-3H3,(H2,24,25,31). The molecule has 1 atom stereocenters. The first-order valence-electron chi connectivity index (χ1n) is 9.78. The summed E-state index contributed by atoms with van der Waals surface area (Å²) in [6.45, 7) is 4.21. The molecule has 31 heavy (non-hydrogen) atoms. The van der Waals surface area contributed by atoms with Crippen LogP contribution in [0.25, 0.3) is 0 Å². The zero-order chi connectivity index (χ0) is 22.4. The van der Waals surface area contributed by atoms with Crippen molar-refractivity contribution in [2.75, 3.05) is 13.7 Å². The summed E-state index contributed by atoms with van der Waals surface area (Å²) in [7, 11) is 1.35. The molecular weight excluding hydrogens is 416 g/mol. The highest BCUT2D eigenvalue weighted by molar-refractivity contribution is 7.80. The lowest BCUT2D eigenvalue weighted by atomic mass is 9.95. The number of nitrogens with one attached hydrogen (secondary N) is 2. The molecular formula is C23H24N2O5S. The Balaban J connectivity index is 1.70. The Morgan fingerprint density at radius 3 is 2.32 bits per heavy atom. The van der Waals surface area contributed by atoms with Crippen LogP contribution >= 0.6 is 12.2 Å². The lowest BCUT2D eigenvalue weighted by Crippen LogP contribution is -2.45. The van der Waals surface area contributed by atoms with Gasteiger partial charge in [0.05, 0.1) is 30.9 Å². The molecule has 0 radical (unpaired) electrons. The predicted molar refractivity (Wildman–Crippen MR) is 119 cm³/mol. The van der Waals surface area contributed by atoms with Crippen molar-refractivity contribution in [3.63, 3.8) is 0 Å². The lowest BCUT2D eigenvalue weighted by molar-refractivity contribution is -0.139. The molecule has 2 N–H and O–H groups in total. The van der Waals surface area contributed by atoms with Gasteiger partial charge in [0.2, 0.25) is 0 Å². The highest BCUT2D eigenvalue weighted by Gasteiger charge is 2.30. The van der Waals surface area contributed by atoms with Crippen LogP contribution in [0, 0.1) is 0 Å². The molecule has 1 heterocycles. The van der Waals surface area contributed by atoms with E-state index in [0.29, 0.717) is 40.9 Å². The molecule has 1 aliphatic rings. The van der Waals surface area contributed by atoms with Gasteiger partial charge in [-0.25, -0.2) is 9.59 Å². The number of allylic oxidation sites excluding steroid dienone is 1. The monoisotopic (exact) mass is 440 g/mol. The zero-order valence-electron chi connectivity index (χ0n) is 17.6. The molecule has 1 unspecified atom stereocenters. The molecule has 7 nitrogen and oxygen atoms in total. The van der Waals surface area contributed by atoms with Crippen LogP contribution in [-0.2, 0) is 20.9 Å². The molecule has 2 aromatic carbocycles. The Kier molecular flexibility index (Phi) is 7.25. The summed E-state index contributed by atoms with van der Waals surface area (Å²) >= 11 is 5.26. The highest BCUT2D eigenvalue weighted by atomic mass is 32.1. The van der Waals surface area contributed by atoms with Gasteiger partial charge in [-0.3, -0.25) is 0 Å². The third-order valence-corrected chi connectivity index (χ3v) is 4.98. The number of hydrogen-bond acceptors (Lipinski definition) is 6. The number of methoxy groups -OCH3 is 1. The van der Waals surface area contributed by atoms with Crippen LogP contribution in [0.4, 0.5) is 0 Å². The Morgan fingerprint density at radius 1 is 1.03 bits per heavy atom. The zero-order valence-corrected chi connectivity index (χ0v) is 18.4. The van der Waals surface area contributed by atoms with Crippen LogP contribution in [0.2, 0.25) is 0 Å². The molecule has 2 aromatic rings. The maximum absolute atomic E-state index is 12.5. The second-order valence-electron chi connectivity index (χ2n) is 6.84. The largest absolute Gasteiger partial charge is 0.489 e. The Morgan fingerprint density at radius 2 is 1.71 bits per heavy atom. The molecule has 8 heteroatoms. The van der Waals surface area contributed by atoms with Crippen molar-refractivity contribution in [1.82, 2.24) is 10.6 Å². The van der Waals surface area contributed by atoms with E-state index in [-0.39, 0.29) is 11.9 Å². The molecule has 0 saturated heterocycles. The maximum atomic E-state index is 12.5. The second kappa shape index (κ2) is 10.1. The fourth-order valence-electron chi connectivity index (χ4n) is 3.20. The third kappa shape index (κ3) is 5.40. The van der Waals surface area contributed by atoms with E-state index in [1.54, 1.807) is 26.0 Å². The summed E-state index contributed by atoms with van der Waals surface area (Å²) in [5.74, 6) is -0.0838. The van der Waals surface area contributed by atoms with Crippen molar-refractivity contribution in [2.24, 2.45) is 0 Å². The summed E-state index contributed by atoms with van der Waals surface area (Å²) in [5.41, 5.74) is 3.44. The number of carbonyl (C=O) groups is 2. The summed E-state index contributed by atoms with van der Waals surface area (Å²) < 4.78 is 15.7. The SMILES string of the molecule is CCOC(=O)C1=C(C)NC(=S)NC1c1ccc(OCc2ccc(C(=O)OC)cc2)cc1. The van der Waals surface area contributed by atoms with Gasteiger partial charge in [0.25, 0.3) is 0 Å². The van der Waals surface area contributed by atoms with Gasteiger partial charge in [0.1, 0.15) is 12.4 Å². The number of ether oxygens (including phenoxy) is 3. The van der Waals surface area contributed by atoms with Crippen LogP contribution in [0.3, 0.4) is 0 Å². The number of thiocarbonyl (C=S) groups is 1. The fraction of sp³-hybridized carbons (Fsp3) is 0.261. The van der Waals surface area contributed by atoms with Gasteiger partial charge < -0.3 is 24.8 Å². The maximum Gasteiger partial charge on any atom is 0.338 e. The Labute approximate surface area is 186 Å². The van der Waals surface area contributed by atoms with Gasteiger partial charge in [0, 0.05) is 5.70 Å². The minimum Gasteiger partial charge on any atom is -0.489 e. The van der Waals surface area contributed by atoms with Crippen LogP contribution in [0.5, 0.6) is 5.75 Å². The molecule has 0 aromatic heterocycles. The lowest BCUT2D eigenvalue weighted by Gasteiger charge is -2.29. The molecule has 0 saturated carbocycles. The number of benzene rings is 2. The summed E-state index contributed by atoms with van der Waals surface area (Å²) in [4.78, 5) is 24.0. The molecule has 162 valence electrons. The molecule has 0 fully saturated rings. The second-order valence-corrected chi connectivity index (χ2v) is 7.25. The van der Waals surface area contributed by atoms with Crippen LogP contribution in [0.1, 0.15) is 41.4 Å². The summed E-state index contributed by atoms with van der Waals surface area (Å²) in [6, 6.07) is 14.1. The van der Waals surface area contributed by atoms with Gasteiger partial charge in [-0.05, 0) is 61.5 Å². The van der Waals surface area contributed by atoms with Gasteiger partial charge >= 0.3 is 11.9 Å². The van der Waals surface area contributed by atoms with E-state index < -0.39 is 6.04 Å². The van der Waals surface area contributed by atoms with E-state index in [4.69, 9.17) is 26.4 Å². The topological polar surface area (TPSA) is 85.9 Å². The van der Waals surface area contributed by atoms with Gasteiger partial charge in [0.15, 0.2) is 5.11 Å². The summed E-state index contributed by atoms with van der Waals surface area (Å²) in [5, 5.41) is 6.56. The smallest absolute Gasteiger partial charge is 0.338 e. The normalized spacial score (nSPS) is 15.6. The highest BCUT2D eigenvalue weighted by Crippen LogP contribution is 2.29. The average molecular weight is 441 g/mol. The van der Waals surface area contributed by atoms with Crippen LogP contribution < -0.4 is 15.4 Å². The van der Waals surface area contributed by atoms with Crippen molar-refractivity contribution >= 4 is 29.3 Å². The van der Waals surface area contributed by atoms with Crippen molar-refractivity contribution in [3.8, 4) is 5.75 Å². The van der Waals surface area contributed by atoms with Gasteiger partial charge in [-0.15, -0.1) is 0 Å². The fourth-order valence-corrected chi connectivity index (χ4v) is 3.47. The van der Waals surface area contributed by atoms with E-state index in [1.807, 2.05) is 36.4 Å². The number of rotatable bonds is 7. The first-order chi connectivity index (χ1) is 14.9. The minimum atomic E-state index is -0.410. The molecule has 1 aliphatic heterocycles. The third-order valence-electron chi connectivity index (χ3n) is 4.76. The first kappa shape index (κ1) is 22.3. The number of esters is 2. The molecule has 3 rings (SSSR count). The van der Waals surface area contributed by atoms with Crippen molar-refractivity contribution in [2.45, 2.75) is 26.5 Å². The summed E-state index contributed by atoms with van der Waals surface area (Å²) in [6.07, 6.45) is 0. The van der Waals surface area contributed by atoms with E-state index in [9.17, 15) is 9.59 Å². The van der Waals surface area contributed by atoms with Crippen molar-refractivity contribution < 1.29 is 23.8 Å². The number of carbonyl (C=O) groups excluding carboxylic acids is 2. The van der Waals surface area contributed by atoms with E-state index in [2.05, 4.69) is 10.6 Å². The number of hydrogen-bond donors (Lipinski definition) is 2. The molecule has 0 spiro atoms. The van der Waals surface area contributed by atoms with Gasteiger partial charge in [-0.1, -0.05) is 24.3 Å². The van der Waals surface area contributed by atoms with Gasteiger partial charge in [-0.2, -0.15) is 0 Å². The quantitative estimate of drug-likeness (QED) is 0.501. The Bertz CT molecular complexity index is 1000. The molecule has 0 amide bonds. The van der Waals surface area contributed by atoms with Crippen molar-refractivity contribution in [3.05, 3.63) is 76.5 Å². The van der Waals surface area contributed by atoms with Crippen molar-refractivity contribution in [1.29, 1.82) is 0 Å². The van der Waals surface area contributed by atoms with E-state index in [1.165, 1.54) is 7.11 Å². The molecule has 0 bridgehead atoms. The first-order valence-corrected chi connectivity index (χ1v) is 10.2. The molecule has 0 aliphatic carbocycles. The Hall–Kier alpha value is -3.39. The predicted octanol–water partition coefficient (Wildman–Crippen LogP) is 3.41. The average Bonchev–Trinajstić information content (AvgIpc) is 2.77.